The summed E-state index contributed by atoms with van der Waals surface area (Å²) in [7, 11) is 0. The van der Waals surface area contributed by atoms with Crippen LogP contribution < -0.4 is 0 Å². The van der Waals surface area contributed by atoms with E-state index in [0.717, 1.165) is 53.7 Å². The van der Waals surface area contributed by atoms with Crippen molar-refractivity contribution < 1.29 is 4.79 Å². The molecule has 0 spiro atoms. The molecule has 0 aromatic heterocycles. The number of hydrogen-bond acceptors (Lipinski definition) is 1. The Labute approximate surface area is 94.8 Å². The van der Waals surface area contributed by atoms with Crippen LogP contribution in [0.25, 0.3) is 5.57 Å². The molecule has 0 saturated heterocycles. The standard InChI is InChI=1S/C13H13ClO/c14-13-8-4-3-7-12(13)11-6-2-1-5-10(11)9-15/h3-4,7-9H,1-2,5-6H2. The zero-order chi connectivity index (χ0) is 10.7. The van der Waals surface area contributed by atoms with E-state index in [1.807, 2.05) is 24.3 Å². The molecule has 1 aromatic rings. The van der Waals surface area contributed by atoms with Crippen molar-refractivity contribution in [1.82, 2.24) is 0 Å². The van der Waals surface area contributed by atoms with E-state index in [1.54, 1.807) is 0 Å². The van der Waals surface area contributed by atoms with Crippen LogP contribution in [0.2, 0.25) is 5.02 Å². The van der Waals surface area contributed by atoms with E-state index >= 15 is 0 Å². The number of hydrogen-bond donors (Lipinski definition) is 0. The molecule has 1 aromatic carbocycles. The second-order valence-electron chi connectivity index (χ2n) is 3.81. The van der Waals surface area contributed by atoms with Gasteiger partial charge in [0.05, 0.1) is 0 Å². The monoisotopic (exact) mass is 220 g/mol. The minimum Gasteiger partial charge on any atom is -0.298 e. The fraction of sp³-hybridized carbons (Fsp3) is 0.308. The molecule has 0 radical (unpaired) electrons. The van der Waals surface area contributed by atoms with Crippen LogP contribution >= 0.6 is 11.6 Å². The van der Waals surface area contributed by atoms with Gasteiger partial charge in [-0.15, -0.1) is 0 Å². The molecule has 0 amide bonds. The number of aldehydes is 1. The van der Waals surface area contributed by atoms with Crippen LogP contribution in [0.4, 0.5) is 0 Å². The van der Waals surface area contributed by atoms with E-state index < -0.39 is 0 Å². The van der Waals surface area contributed by atoms with Crippen molar-refractivity contribution in [3.63, 3.8) is 0 Å². The molecule has 2 heteroatoms. The molecule has 15 heavy (non-hydrogen) atoms. The van der Waals surface area contributed by atoms with Crippen molar-refractivity contribution in [2.75, 3.05) is 0 Å². The van der Waals surface area contributed by atoms with Gasteiger partial charge in [-0.2, -0.15) is 0 Å². The van der Waals surface area contributed by atoms with Gasteiger partial charge in [0, 0.05) is 5.02 Å². The largest absolute Gasteiger partial charge is 0.298 e. The van der Waals surface area contributed by atoms with Crippen LogP contribution in [0.3, 0.4) is 0 Å². The summed E-state index contributed by atoms with van der Waals surface area (Å²) in [6, 6.07) is 7.74. The maximum atomic E-state index is 11.0. The lowest BCUT2D eigenvalue weighted by atomic mass is 9.88. The van der Waals surface area contributed by atoms with Crippen molar-refractivity contribution in [3.05, 3.63) is 40.4 Å². The van der Waals surface area contributed by atoms with E-state index in [9.17, 15) is 4.79 Å². The van der Waals surface area contributed by atoms with E-state index in [1.165, 1.54) is 0 Å². The molecule has 1 aliphatic rings. The Balaban J connectivity index is 2.48. The maximum absolute atomic E-state index is 11.0. The zero-order valence-electron chi connectivity index (χ0n) is 8.50. The zero-order valence-corrected chi connectivity index (χ0v) is 9.26. The maximum Gasteiger partial charge on any atom is 0.146 e. The molecule has 78 valence electrons. The SMILES string of the molecule is O=CC1=C(c2ccccc2Cl)CCCC1. The third-order valence-electron chi connectivity index (χ3n) is 2.85. The number of halogens is 1. The van der Waals surface area contributed by atoms with Gasteiger partial charge in [0.2, 0.25) is 0 Å². The molecular formula is C13H13ClO. The predicted molar refractivity (Wildman–Crippen MR) is 62.9 cm³/mol. The van der Waals surface area contributed by atoms with Crippen molar-refractivity contribution in [2.45, 2.75) is 25.7 Å². The van der Waals surface area contributed by atoms with Gasteiger partial charge < -0.3 is 0 Å². The lowest BCUT2D eigenvalue weighted by molar-refractivity contribution is -0.105. The Hall–Kier alpha value is -1.08. The first kappa shape index (κ1) is 10.4. The molecule has 0 aliphatic heterocycles. The third kappa shape index (κ3) is 2.13. The first-order valence-electron chi connectivity index (χ1n) is 5.25. The molecular weight excluding hydrogens is 208 g/mol. The van der Waals surface area contributed by atoms with Gasteiger partial charge in [0.15, 0.2) is 0 Å². The summed E-state index contributed by atoms with van der Waals surface area (Å²) in [6.07, 6.45) is 5.11. The van der Waals surface area contributed by atoms with E-state index in [-0.39, 0.29) is 0 Å². The summed E-state index contributed by atoms with van der Waals surface area (Å²) in [5.41, 5.74) is 3.09. The van der Waals surface area contributed by atoms with Crippen LogP contribution in [0.1, 0.15) is 31.2 Å². The second-order valence-corrected chi connectivity index (χ2v) is 4.22. The van der Waals surface area contributed by atoms with Gasteiger partial charge in [0.25, 0.3) is 0 Å². The molecule has 0 saturated carbocycles. The second kappa shape index (κ2) is 4.63. The smallest absolute Gasteiger partial charge is 0.146 e. The first-order valence-corrected chi connectivity index (χ1v) is 5.63. The van der Waals surface area contributed by atoms with Gasteiger partial charge in [-0.3, -0.25) is 4.79 Å². The summed E-state index contributed by atoms with van der Waals surface area (Å²) in [6.45, 7) is 0. The Bertz CT molecular complexity index is 407. The number of rotatable bonds is 2. The highest BCUT2D eigenvalue weighted by molar-refractivity contribution is 6.32. The highest BCUT2D eigenvalue weighted by Gasteiger charge is 2.15. The molecule has 0 fully saturated rings. The Morgan fingerprint density at radius 1 is 1.13 bits per heavy atom. The van der Waals surface area contributed by atoms with Crippen LogP contribution in [0.5, 0.6) is 0 Å². The van der Waals surface area contributed by atoms with Crippen LogP contribution in [-0.4, -0.2) is 6.29 Å². The quantitative estimate of drug-likeness (QED) is 0.692. The molecule has 0 heterocycles. The summed E-state index contributed by atoms with van der Waals surface area (Å²) in [4.78, 5) is 11.0. The summed E-state index contributed by atoms with van der Waals surface area (Å²) < 4.78 is 0. The molecule has 2 rings (SSSR count). The van der Waals surface area contributed by atoms with Crippen molar-refractivity contribution in [3.8, 4) is 0 Å². The minimum absolute atomic E-state index is 0.744. The van der Waals surface area contributed by atoms with Crippen molar-refractivity contribution in [2.24, 2.45) is 0 Å². The minimum atomic E-state index is 0.744. The fourth-order valence-corrected chi connectivity index (χ4v) is 2.32. The molecule has 0 atom stereocenters. The number of benzene rings is 1. The summed E-state index contributed by atoms with van der Waals surface area (Å²) in [5, 5.41) is 0.744. The molecule has 0 N–H and O–H groups in total. The highest BCUT2D eigenvalue weighted by atomic mass is 35.5. The van der Waals surface area contributed by atoms with Crippen molar-refractivity contribution >= 4 is 23.5 Å². The van der Waals surface area contributed by atoms with E-state index in [0.29, 0.717) is 0 Å². The van der Waals surface area contributed by atoms with Crippen LogP contribution in [0.15, 0.2) is 29.8 Å². The number of carbonyl (C=O) groups is 1. The lowest BCUT2D eigenvalue weighted by Gasteiger charge is -2.17. The Kier molecular flexibility index (Phi) is 3.22. The normalized spacial score (nSPS) is 16.6. The summed E-state index contributed by atoms with van der Waals surface area (Å²) >= 11 is 6.13. The Morgan fingerprint density at radius 3 is 2.60 bits per heavy atom. The molecule has 0 bridgehead atoms. The third-order valence-corrected chi connectivity index (χ3v) is 3.18. The van der Waals surface area contributed by atoms with E-state index in [4.69, 9.17) is 11.6 Å². The topological polar surface area (TPSA) is 17.1 Å². The number of carbonyl (C=O) groups excluding carboxylic acids is 1. The van der Waals surface area contributed by atoms with E-state index in [2.05, 4.69) is 0 Å². The van der Waals surface area contributed by atoms with Crippen LogP contribution in [0, 0.1) is 0 Å². The molecule has 1 nitrogen and oxygen atoms in total. The Morgan fingerprint density at radius 2 is 1.87 bits per heavy atom. The summed E-state index contributed by atoms with van der Waals surface area (Å²) in [5.74, 6) is 0. The predicted octanol–water partition coefficient (Wildman–Crippen LogP) is 3.87. The first-order chi connectivity index (χ1) is 7.33. The van der Waals surface area contributed by atoms with Crippen molar-refractivity contribution in [1.29, 1.82) is 0 Å². The van der Waals surface area contributed by atoms with Gasteiger partial charge in [-0.1, -0.05) is 29.8 Å². The van der Waals surface area contributed by atoms with Gasteiger partial charge in [-0.25, -0.2) is 0 Å². The average Bonchev–Trinajstić information content (AvgIpc) is 2.30. The molecule has 1 aliphatic carbocycles. The van der Waals surface area contributed by atoms with Gasteiger partial charge >= 0.3 is 0 Å². The molecule has 0 unspecified atom stereocenters. The average molecular weight is 221 g/mol. The number of allylic oxidation sites excluding steroid dienone is 2. The highest BCUT2D eigenvalue weighted by Crippen LogP contribution is 2.34. The fourth-order valence-electron chi connectivity index (χ4n) is 2.07. The van der Waals surface area contributed by atoms with Gasteiger partial charge in [-0.05, 0) is 48.5 Å². The van der Waals surface area contributed by atoms with Gasteiger partial charge in [0.1, 0.15) is 6.29 Å². The van der Waals surface area contributed by atoms with Crippen LogP contribution in [-0.2, 0) is 4.79 Å². The lowest BCUT2D eigenvalue weighted by Crippen LogP contribution is -2.00.